The zero-order valence-corrected chi connectivity index (χ0v) is 27.5. The van der Waals surface area contributed by atoms with Crippen LogP contribution in [-0.2, 0) is 51.3 Å². The van der Waals surface area contributed by atoms with Gasteiger partial charge in [0, 0.05) is 19.2 Å². The normalized spacial score (nSPS) is 31.3. The summed E-state index contributed by atoms with van der Waals surface area (Å²) in [4.78, 5) is 90.6. The summed E-state index contributed by atoms with van der Waals surface area (Å²) in [6.45, 7) is 1.51. The molecule has 3 heterocycles. The second kappa shape index (κ2) is 16.4. The van der Waals surface area contributed by atoms with Gasteiger partial charge in [0.15, 0.2) is 18.6 Å². The number of hydrogen-bond acceptors (Lipinski definition) is 17. The van der Waals surface area contributed by atoms with Crippen molar-refractivity contribution in [3.05, 3.63) is 33.1 Å². The first-order valence-electron chi connectivity index (χ1n) is 14.1. The molecule has 0 aliphatic carbocycles. The summed E-state index contributed by atoms with van der Waals surface area (Å²) >= 11 is 0. The van der Waals surface area contributed by atoms with Crippen LogP contribution in [0.2, 0.25) is 0 Å². The quantitative estimate of drug-likeness (QED) is 0.0627. The number of rotatable bonds is 14. The maximum absolute atomic E-state index is 13.0. The Bertz CT molecular complexity index is 1570. The number of aliphatic hydroxyl groups is 4. The SMILES string of the molecule is CC(=O)N[C@@H]1[C@@H](OC(C)C(=O)N[C@@H](C)C(=O)O[C@H]2[C@@H](O)[C@H](n3ccc(=O)[nH]c3=O)O[C@@H]2COP(=O)(O)OP(=O)(O)O)[C@H](O)[C@@H](CO)O[C@@H]1O. The number of H-pyrrole nitrogens is 1. The first-order valence-corrected chi connectivity index (χ1v) is 17.1. The van der Waals surface area contributed by atoms with Crippen molar-refractivity contribution in [1.82, 2.24) is 20.2 Å². The molecule has 278 valence electrons. The minimum Gasteiger partial charge on any atom is -0.455 e. The number of aliphatic hydroxyl groups excluding tert-OH is 4. The van der Waals surface area contributed by atoms with E-state index in [9.17, 15) is 58.4 Å². The molecule has 2 aliphatic rings. The van der Waals surface area contributed by atoms with Crippen molar-refractivity contribution in [3.8, 4) is 0 Å². The van der Waals surface area contributed by atoms with E-state index in [0.29, 0.717) is 4.57 Å². The van der Waals surface area contributed by atoms with Crippen LogP contribution in [0.1, 0.15) is 27.0 Å². The Kier molecular flexibility index (Phi) is 13.6. The predicted molar refractivity (Wildman–Crippen MR) is 154 cm³/mol. The predicted octanol–water partition coefficient (Wildman–Crippen LogP) is -5.21. The zero-order valence-electron chi connectivity index (χ0n) is 25.7. The summed E-state index contributed by atoms with van der Waals surface area (Å²) in [7, 11) is -11.0. The van der Waals surface area contributed by atoms with Gasteiger partial charge < -0.3 is 64.7 Å². The van der Waals surface area contributed by atoms with Crippen LogP contribution in [-0.4, -0.2) is 137 Å². The van der Waals surface area contributed by atoms with Gasteiger partial charge in [0.25, 0.3) is 5.56 Å². The Morgan fingerprint density at radius 2 is 1.69 bits per heavy atom. The highest BCUT2D eigenvalue weighted by molar-refractivity contribution is 7.60. The number of ether oxygens (including phenoxy) is 4. The number of aromatic nitrogens is 2. The molecular weight excluding hydrogens is 714 g/mol. The lowest BCUT2D eigenvalue weighted by Gasteiger charge is -2.43. The van der Waals surface area contributed by atoms with Gasteiger partial charge in [0.1, 0.15) is 48.7 Å². The summed E-state index contributed by atoms with van der Waals surface area (Å²) in [5, 5.41) is 45.8. The van der Waals surface area contributed by atoms with Crippen molar-refractivity contribution in [1.29, 1.82) is 0 Å². The summed E-state index contributed by atoms with van der Waals surface area (Å²) < 4.78 is 53.3. The van der Waals surface area contributed by atoms with Crippen LogP contribution in [0.15, 0.2) is 21.9 Å². The summed E-state index contributed by atoms with van der Waals surface area (Å²) in [6, 6.07) is -2.06. The van der Waals surface area contributed by atoms with Crippen LogP contribution in [0.3, 0.4) is 0 Å². The highest BCUT2D eigenvalue weighted by Gasteiger charge is 2.50. The van der Waals surface area contributed by atoms with E-state index in [0.717, 1.165) is 26.1 Å². The number of esters is 1. The second-order valence-electron chi connectivity index (χ2n) is 10.7. The summed E-state index contributed by atoms with van der Waals surface area (Å²) in [5.41, 5.74) is -1.92. The van der Waals surface area contributed by atoms with Gasteiger partial charge in [-0.25, -0.2) is 18.7 Å². The van der Waals surface area contributed by atoms with E-state index in [1.165, 1.54) is 6.92 Å². The van der Waals surface area contributed by atoms with Gasteiger partial charge in [-0.1, -0.05) is 0 Å². The smallest absolute Gasteiger partial charge is 0.455 e. The molecule has 0 bridgehead atoms. The highest BCUT2D eigenvalue weighted by atomic mass is 31.3. The highest BCUT2D eigenvalue weighted by Crippen LogP contribution is 2.57. The fourth-order valence-electron chi connectivity index (χ4n) is 4.74. The Labute approximate surface area is 274 Å². The molecule has 0 aromatic carbocycles. The second-order valence-corrected chi connectivity index (χ2v) is 13.6. The van der Waals surface area contributed by atoms with Gasteiger partial charge in [-0.05, 0) is 13.8 Å². The standard InChI is InChI=1S/C23H36N4O20P2/c1-8(24-19(33)9(2)43-18-14(25-10(3)29)22(35)45-11(6-28)15(18)31)21(34)46-17-12(7-42-49(40,41)47-48(37,38)39)44-20(16(17)32)27-5-4-13(30)26-23(27)36/h4-5,8-9,11-12,14-18,20,22,28,31-32,35H,6-7H2,1-3H3,(H,24,33)(H,25,29)(H,40,41)(H,26,30,36)(H2,37,38,39)/t8-,9?,11+,12+,14+,15+,16+,17+,18+,20+,22-/m0/s1. The molecule has 1 aromatic rings. The molecule has 2 unspecified atom stereocenters. The Morgan fingerprint density at radius 1 is 1.04 bits per heavy atom. The van der Waals surface area contributed by atoms with E-state index in [2.05, 4.69) is 19.5 Å². The van der Waals surface area contributed by atoms with E-state index >= 15 is 0 Å². The molecule has 49 heavy (non-hydrogen) atoms. The molecule has 12 atom stereocenters. The van der Waals surface area contributed by atoms with Gasteiger partial charge in [0.2, 0.25) is 11.8 Å². The van der Waals surface area contributed by atoms with Crippen molar-refractivity contribution >= 4 is 33.4 Å². The minimum absolute atomic E-state index is 0.657. The van der Waals surface area contributed by atoms with Crippen LogP contribution in [0.25, 0.3) is 0 Å². The van der Waals surface area contributed by atoms with Crippen LogP contribution in [0, 0.1) is 0 Å². The lowest BCUT2D eigenvalue weighted by molar-refractivity contribution is -0.266. The topological polar surface area (TPSA) is 361 Å². The number of aromatic amines is 1. The maximum atomic E-state index is 13.0. The van der Waals surface area contributed by atoms with Gasteiger partial charge >= 0.3 is 27.3 Å². The molecule has 26 heteroatoms. The van der Waals surface area contributed by atoms with Gasteiger partial charge in [-0.3, -0.25) is 28.5 Å². The van der Waals surface area contributed by atoms with E-state index in [1.807, 2.05) is 4.98 Å². The molecule has 2 fully saturated rings. The number of amides is 2. The average Bonchev–Trinajstić information content (AvgIpc) is 3.28. The number of carbonyl (C=O) groups excluding carboxylic acids is 3. The summed E-state index contributed by atoms with van der Waals surface area (Å²) in [5.74, 6) is -2.93. The number of nitrogens with zero attached hydrogens (tertiary/aromatic N) is 1. The zero-order chi connectivity index (χ0) is 37.0. The van der Waals surface area contributed by atoms with Crippen molar-refractivity contribution in [3.63, 3.8) is 0 Å². The van der Waals surface area contributed by atoms with E-state index < -0.39 is 125 Å². The number of hydrogen-bond donors (Lipinski definition) is 10. The molecule has 2 saturated heterocycles. The Hall–Kier alpha value is -2.93. The van der Waals surface area contributed by atoms with Gasteiger partial charge in [0.05, 0.1) is 13.2 Å². The molecule has 3 rings (SSSR count). The molecule has 0 spiro atoms. The third kappa shape index (κ3) is 10.8. The molecule has 2 amide bonds. The Balaban J connectivity index is 1.74. The molecular formula is C23H36N4O20P2. The molecule has 1 aromatic heterocycles. The van der Waals surface area contributed by atoms with Crippen molar-refractivity contribution in [2.24, 2.45) is 0 Å². The first-order chi connectivity index (χ1) is 22.6. The number of phosphoric ester groups is 1. The number of nitrogens with one attached hydrogen (secondary N) is 3. The first kappa shape index (κ1) is 40.5. The average molecular weight is 750 g/mol. The van der Waals surface area contributed by atoms with E-state index in [1.54, 1.807) is 0 Å². The molecule has 24 nitrogen and oxygen atoms in total. The Morgan fingerprint density at radius 3 is 2.27 bits per heavy atom. The maximum Gasteiger partial charge on any atom is 0.481 e. The van der Waals surface area contributed by atoms with Gasteiger partial charge in [-0.15, -0.1) is 0 Å². The molecule has 10 N–H and O–H groups in total. The molecule has 0 saturated carbocycles. The lowest BCUT2D eigenvalue weighted by atomic mass is 9.96. The van der Waals surface area contributed by atoms with E-state index in [-0.39, 0.29) is 0 Å². The van der Waals surface area contributed by atoms with Crippen LogP contribution < -0.4 is 21.9 Å². The third-order valence-electron chi connectivity index (χ3n) is 6.98. The van der Waals surface area contributed by atoms with Crippen molar-refractivity contribution < 1.29 is 86.4 Å². The van der Waals surface area contributed by atoms with Crippen LogP contribution in [0.4, 0.5) is 0 Å². The molecule has 0 radical (unpaired) electrons. The van der Waals surface area contributed by atoms with Crippen LogP contribution >= 0.6 is 15.6 Å². The fourth-order valence-corrected chi connectivity index (χ4v) is 6.34. The summed E-state index contributed by atoms with van der Waals surface area (Å²) in [6.07, 6.45) is -14.1. The lowest BCUT2D eigenvalue weighted by Crippen LogP contribution is -2.65. The monoisotopic (exact) mass is 750 g/mol. The number of phosphoric acid groups is 2. The largest absolute Gasteiger partial charge is 0.481 e. The fraction of sp³-hybridized carbons (Fsp3) is 0.696. The number of carbonyl (C=O) groups is 3. The molecule has 2 aliphatic heterocycles. The van der Waals surface area contributed by atoms with Crippen molar-refractivity contribution in [2.75, 3.05) is 13.2 Å². The third-order valence-corrected chi connectivity index (χ3v) is 9.14. The van der Waals surface area contributed by atoms with E-state index in [4.69, 9.17) is 28.7 Å². The van der Waals surface area contributed by atoms with Crippen LogP contribution in [0.5, 0.6) is 0 Å². The van der Waals surface area contributed by atoms with Gasteiger partial charge in [-0.2, -0.15) is 4.31 Å². The van der Waals surface area contributed by atoms with Crippen molar-refractivity contribution in [2.45, 2.75) is 88.1 Å². The minimum atomic E-state index is -5.54.